The molecule has 2 N–H and O–H groups in total. The van der Waals surface area contributed by atoms with Crippen molar-refractivity contribution >= 4 is 27.3 Å². The van der Waals surface area contributed by atoms with E-state index < -0.39 is 10.7 Å². The molecule has 2 unspecified atom stereocenters. The fourth-order valence-electron chi connectivity index (χ4n) is 4.45. The molecule has 3 aromatic rings. The molecule has 0 saturated heterocycles. The summed E-state index contributed by atoms with van der Waals surface area (Å²) in [6.45, 7) is 15.5. The second-order valence-electron chi connectivity index (χ2n) is 9.94. The van der Waals surface area contributed by atoms with E-state index in [4.69, 9.17) is 0 Å². The van der Waals surface area contributed by atoms with Crippen LogP contribution < -0.4 is 5.48 Å². The minimum atomic E-state index is -0.429. The molecule has 0 fully saturated rings. The topological polar surface area (TPSA) is 35.5 Å². The Morgan fingerprint density at radius 1 is 1.03 bits per heavy atom. The summed E-state index contributed by atoms with van der Waals surface area (Å²) in [5.41, 5.74) is 6.76. The molecular formula is C33H42N2OS. The molecule has 0 amide bonds. The Balaban J connectivity index is 1.87. The Morgan fingerprint density at radius 2 is 1.70 bits per heavy atom. The quantitative estimate of drug-likeness (QED) is 0.129. The molecule has 0 aliphatic rings. The minimum absolute atomic E-state index is 0.0997. The first-order valence-electron chi connectivity index (χ1n) is 13.1. The van der Waals surface area contributed by atoms with Gasteiger partial charge in [0.1, 0.15) is 0 Å². The fraction of sp³-hybridized carbons (Fsp3) is 0.303. The van der Waals surface area contributed by atoms with E-state index in [1.54, 1.807) is 0 Å². The predicted molar refractivity (Wildman–Crippen MR) is 163 cm³/mol. The summed E-state index contributed by atoms with van der Waals surface area (Å²) in [5, 5.41) is 12.4. The largest absolute Gasteiger partial charge is 0.291 e. The van der Waals surface area contributed by atoms with E-state index in [2.05, 4.69) is 122 Å². The molecule has 0 spiro atoms. The van der Waals surface area contributed by atoms with Gasteiger partial charge in [0, 0.05) is 17.1 Å². The van der Waals surface area contributed by atoms with Crippen LogP contribution in [0.4, 0.5) is 0 Å². The molecule has 0 saturated carbocycles. The lowest BCUT2D eigenvalue weighted by atomic mass is 9.99. The van der Waals surface area contributed by atoms with Crippen molar-refractivity contribution < 1.29 is 5.21 Å². The highest BCUT2D eigenvalue weighted by atomic mass is 32.2. The third-order valence-electron chi connectivity index (χ3n) is 6.88. The van der Waals surface area contributed by atoms with E-state index >= 15 is 0 Å². The van der Waals surface area contributed by atoms with Crippen LogP contribution in [0.3, 0.4) is 0 Å². The van der Waals surface area contributed by atoms with Gasteiger partial charge in [0.2, 0.25) is 0 Å². The van der Waals surface area contributed by atoms with Crippen molar-refractivity contribution in [2.45, 2.75) is 57.4 Å². The summed E-state index contributed by atoms with van der Waals surface area (Å²) in [6.07, 6.45) is 7.82. The van der Waals surface area contributed by atoms with E-state index in [1.807, 2.05) is 6.08 Å². The van der Waals surface area contributed by atoms with E-state index in [0.717, 1.165) is 32.2 Å². The van der Waals surface area contributed by atoms with E-state index in [9.17, 15) is 5.21 Å². The maximum Gasteiger partial charge on any atom is 0.0654 e. The van der Waals surface area contributed by atoms with Crippen molar-refractivity contribution in [3.63, 3.8) is 0 Å². The maximum absolute atomic E-state index is 9.91. The van der Waals surface area contributed by atoms with E-state index in [1.165, 1.54) is 32.4 Å². The maximum atomic E-state index is 9.91. The van der Waals surface area contributed by atoms with Crippen LogP contribution in [0.1, 0.15) is 44.7 Å². The van der Waals surface area contributed by atoms with E-state index in [0.29, 0.717) is 11.6 Å². The van der Waals surface area contributed by atoms with Crippen molar-refractivity contribution in [3.8, 4) is 0 Å². The van der Waals surface area contributed by atoms with Gasteiger partial charge in [-0.1, -0.05) is 116 Å². The molecule has 4 heteroatoms. The zero-order valence-electron chi connectivity index (χ0n) is 22.6. The van der Waals surface area contributed by atoms with Crippen LogP contribution in [0.15, 0.2) is 108 Å². The van der Waals surface area contributed by atoms with Gasteiger partial charge in [0.15, 0.2) is 0 Å². The average molecular weight is 515 g/mol. The van der Waals surface area contributed by atoms with Crippen LogP contribution in [0, 0.1) is 5.92 Å². The highest BCUT2D eigenvalue weighted by Crippen LogP contribution is 2.36. The number of hydrogen-bond acceptors (Lipinski definition) is 3. The van der Waals surface area contributed by atoms with Crippen molar-refractivity contribution in [2.24, 2.45) is 5.92 Å². The van der Waals surface area contributed by atoms with Gasteiger partial charge >= 0.3 is 0 Å². The van der Waals surface area contributed by atoms with Gasteiger partial charge in [0.05, 0.1) is 6.04 Å². The molecule has 0 radical (unpaired) electrons. The monoisotopic (exact) mass is 514 g/mol. The van der Waals surface area contributed by atoms with Gasteiger partial charge in [0.25, 0.3) is 0 Å². The second-order valence-corrected chi connectivity index (χ2v) is 11.6. The molecule has 37 heavy (non-hydrogen) atoms. The SMILES string of the molecule is C=C/C(=C\C)CCc1ccc(CC(C(=C)NO)N(CCC(C)C)S(=C)c2ccc3ccccc3c2)cc1. The number of fused-ring (bicyclic) bond motifs is 1. The highest BCUT2D eigenvalue weighted by molar-refractivity contribution is 8.12. The Morgan fingerprint density at radius 3 is 2.32 bits per heavy atom. The lowest BCUT2D eigenvalue weighted by Crippen LogP contribution is -2.39. The molecule has 196 valence electrons. The molecule has 0 aromatic heterocycles. The van der Waals surface area contributed by atoms with Crippen LogP contribution in [-0.2, 0) is 12.8 Å². The Bertz CT molecular complexity index is 1240. The average Bonchev–Trinajstić information content (AvgIpc) is 2.92. The Hall–Kier alpha value is -2.92. The lowest BCUT2D eigenvalue weighted by molar-refractivity contribution is 0.178. The van der Waals surface area contributed by atoms with Gasteiger partial charge in [-0.25, -0.2) is 4.31 Å². The molecule has 0 heterocycles. The number of hydroxylamine groups is 1. The lowest BCUT2D eigenvalue weighted by Gasteiger charge is -2.35. The fourth-order valence-corrected chi connectivity index (χ4v) is 6.04. The van der Waals surface area contributed by atoms with Crippen LogP contribution in [0.2, 0.25) is 0 Å². The number of aryl methyl sites for hydroxylation is 1. The van der Waals surface area contributed by atoms with Crippen molar-refractivity contribution in [1.29, 1.82) is 0 Å². The van der Waals surface area contributed by atoms with Crippen LogP contribution in [0.25, 0.3) is 10.8 Å². The number of allylic oxidation sites excluding steroid dienone is 3. The number of nitrogens with one attached hydrogen (secondary N) is 1. The van der Waals surface area contributed by atoms with Crippen molar-refractivity contribution in [1.82, 2.24) is 9.79 Å². The number of hydrogen-bond donors (Lipinski definition) is 2. The summed E-state index contributed by atoms with van der Waals surface area (Å²) in [4.78, 5) is 1.19. The van der Waals surface area contributed by atoms with Gasteiger partial charge in [-0.05, 0) is 72.6 Å². The van der Waals surface area contributed by atoms with Gasteiger partial charge in [-0.3, -0.25) is 10.7 Å². The summed E-state index contributed by atoms with van der Waals surface area (Å²) < 4.78 is 2.41. The Labute approximate surface area is 226 Å². The Kier molecular flexibility index (Phi) is 10.9. The standard InChI is InChI=1S/C33H42N2OS/c1-7-27(8-2)13-14-28-15-17-29(18-16-28)23-33(26(5)34-36)35(22-21-25(3)4)37(6)32-20-19-30-11-9-10-12-31(30)24-32/h7-12,15-20,24-25,33-34,36H,1,5-6,13-14,21-23H2,2-4H3/b27-8+. The first-order valence-corrected chi connectivity index (χ1v) is 14.4. The molecule has 3 nitrogen and oxygen atoms in total. The molecule has 0 aliphatic heterocycles. The first-order chi connectivity index (χ1) is 17.9. The summed E-state index contributed by atoms with van der Waals surface area (Å²) in [6, 6.07) is 23.8. The summed E-state index contributed by atoms with van der Waals surface area (Å²) >= 11 is 0. The zero-order valence-corrected chi connectivity index (χ0v) is 23.4. The second kappa shape index (κ2) is 14.1. The third-order valence-corrected chi connectivity index (χ3v) is 8.69. The molecular weight excluding hydrogens is 472 g/mol. The molecule has 3 rings (SSSR count). The summed E-state index contributed by atoms with van der Waals surface area (Å²) in [5.74, 6) is 5.19. The van der Waals surface area contributed by atoms with Gasteiger partial charge in [-0.15, -0.1) is 0 Å². The number of benzene rings is 3. The van der Waals surface area contributed by atoms with Gasteiger partial charge in [-0.2, -0.15) is 0 Å². The summed E-state index contributed by atoms with van der Waals surface area (Å²) in [7, 11) is -0.429. The molecule has 3 aromatic carbocycles. The van der Waals surface area contributed by atoms with Crippen molar-refractivity contribution in [3.05, 3.63) is 114 Å². The smallest absolute Gasteiger partial charge is 0.0654 e. The van der Waals surface area contributed by atoms with Crippen LogP contribution in [-0.4, -0.2) is 28.0 Å². The van der Waals surface area contributed by atoms with Gasteiger partial charge < -0.3 is 0 Å². The van der Waals surface area contributed by atoms with Crippen molar-refractivity contribution in [2.75, 3.05) is 6.54 Å². The molecule has 0 bridgehead atoms. The highest BCUT2D eigenvalue weighted by Gasteiger charge is 2.25. The number of rotatable bonds is 14. The number of nitrogens with zero attached hydrogens (tertiary/aromatic N) is 1. The van der Waals surface area contributed by atoms with Crippen LogP contribution >= 0.6 is 10.7 Å². The normalized spacial score (nSPS) is 13.6. The minimum Gasteiger partial charge on any atom is -0.291 e. The van der Waals surface area contributed by atoms with Crippen LogP contribution in [0.5, 0.6) is 0 Å². The zero-order chi connectivity index (χ0) is 26.8. The molecule has 2 atom stereocenters. The van der Waals surface area contributed by atoms with E-state index in [-0.39, 0.29) is 6.04 Å². The molecule has 0 aliphatic carbocycles. The third kappa shape index (κ3) is 8.03. The predicted octanol–water partition coefficient (Wildman–Crippen LogP) is 8.33. The first kappa shape index (κ1) is 28.6.